The molecule has 0 spiro atoms. The van der Waals surface area contributed by atoms with Crippen LogP contribution in [0.4, 0.5) is 5.69 Å². The molecule has 2 N–H and O–H groups in total. The van der Waals surface area contributed by atoms with E-state index in [-0.39, 0.29) is 11.3 Å². The lowest BCUT2D eigenvalue weighted by Crippen LogP contribution is -2.50. The fraction of sp³-hybridized carbons (Fsp3) is 0.533. The van der Waals surface area contributed by atoms with Crippen LogP contribution in [0, 0.1) is 12.3 Å². The van der Waals surface area contributed by atoms with Gasteiger partial charge in [0, 0.05) is 12.2 Å². The number of nitrogens with two attached hydrogens (primary N) is 1. The van der Waals surface area contributed by atoms with E-state index in [1.807, 2.05) is 58.9 Å². The third kappa shape index (κ3) is 3.33. The first-order valence-electron chi connectivity index (χ1n) is 6.41. The van der Waals surface area contributed by atoms with Crippen LogP contribution in [0.25, 0.3) is 0 Å². The SMILES string of the molecule is CCN(C(=O)[C@@H](N)C(C)(C)C)c1cccc(C)c1. The molecule has 3 nitrogen and oxygen atoms in total. The number of rotatable bonds is 3. The molecule has 100 valence electrons. The van der Waals surface area contributed by atoms with Crippen LogP contribution in [0.1, 0.15) is 33.3 Å². The van der Waals surface area contributed by atoms with E-state index in [1.54, 1.807) is 4.90 Å². The van der Waals surface area contributed by atoms with Crippen molar-refractivity contribution in [2.24, 2.45) is 11.1 Å². The molecule has 0 aliphatic heterocycles. The molecule has 0 fully saturated rings. The Morgan fingerprint density at radius 3 is 2.44 bits per heavy atom. The molecule has 0 saturated heterocycles. The van der Waals surface area contributed by atoms with Gasteiger partial charge in [-0.25, -0.2) is 0 Å². The molecule has 3 heteroatoms. The maximum atomic E-state index is 12.4. The maximum absolute atomic E-state index is 12.4. The summed E-state index contributed by atoms with van der Waals surface area (Å²) in [7, 11) is 0. The average Bonchev–Trinajstić information content (AvgIpc) is 2.27. The van der Waals surface area contributed by atoms with Gasteiger partial charge in [0.25, 0.3) is 0 Å². The monoisotopic (exact) mass is 248 g/mol. The van der Waals surface area contributed by atoms with Gasteiger partial charge in [-0.1, -0.05) is 32.9 Å². The van der Waals surface area contributed by atoms with Gasteiger partial charge in [-0.3, -0.25) is 4.79 Å². The molecule has 0 aliphatic carbocycles. The van der Waals surface area contributed by atoms with Crippen molar-refractivity contribution in [1.82, 2.24) is 0 Å². The molecule has 1 aromatic rings. The second-order valence-electron chi connectivity index (χ2n) is 5.77. The third-order valence-corrected chi connectivity index (χ3v) is 3.09. The summed E-state index contributed by atoms with van der Waals surface area (Å²) in [5.41, 5.74) is 7.89. The highest BCUT2D eigenvalue weighted by atomic mass is 16.2. The molecule has 1 rings (SSSR count). The first kappa shape index (κ1) is 14.7. The Kier molecular flexibility index (Phi) is 4.52. The second kappa shape index (κ2) is 5.53. The number of aryl methyl sites for hydroxylation is 1. The van der Waals surface area contributed by atoms with Crippen LogP contribution in [0.2, 0.25) is 0 Å². The van der Waals surface area contributed by atoms with E-state index in [2.05, 4.69) is 0 Å². The molecule has 1 atom stereocenters. The second-order valence-corrected chi connectivity index (χ2v) is 5.77. The lowest BCUT2D eigenvalue weighted by atomic mass is 9.86. The molecular weight excluding hydrogens is 224 g/mol. The molecule has 0 aromatic heterocycles. The Hall–Kier alpha value is -1.35. The largest absolute Gasteiger partial charge is 0.319 e. The molecule has 0 aliphatic rings. The number of likely N-dealkylation sites (N-methyl/N-ethyl adjacent to an activating group) is 1. The van der Waals surface area contributed by atoms with Gasteiger partial charge in [-0.15, -0.1) is 0 Å². The summed E-state index contributed by atoms with van der Waals surface area (Å²) in [5.74, 6) is -0.0180. The molecule has 0 unspecified atom stereocenters. The van der Waals surface area contributed by atoms with E-state index in [1.165, 1.54) is 0 Å². The van der Waals surface area contributed by atoms with Gasteiger partial charge in [0.05, 0.1) is 6.04 Å². The highest BCUT2D eigenvalue weighted by Crippen LogP contribution is 2.23. The summed E-state index contributed by atoms with van der Waals surface area (Å²) in [6, 6.07) is 7.45. The normalized spacial score (nSPS) is 13.2. The van der Waals surface area contributed by atoms with Crippen molar-refractivity contribution in [3.8, 4) is 0 Å². The quantitative estimate of drug-likeness (QED) is 0.894. The van der Waals surface area contributed by atoms with Crippen LogP contribution in [0.5, 0.6) is 0 Å². The van der Waals surface area contributed by atoms with Crippen molar-refractivity contribution in [3.63, 3.8) is 0 Å². The van der Waals surface area contributed by atoms with Crippen molar-refractivity contribution in [1.29, 1.82) is 0 Å². The van der Waals surface area contributed by atoms with E-state index in [9.17, 15) is 4.79 Å². The molecular formula is C15H24N2O. The Labute approximate surface area is 110 Å². The lowest BCUT2D eigenvalue weighted by Gasteiger charge is -2.31. The van der Waals surface area contributed by atoms with Crippen LogP contribution in [-0.2, 0) is 4.79 Å². The summed E-state index contributed by atoms with van der Waals surface area (Å²) < 4.78 is 0. The van der Waals surface area contributed by atoms with E-state index in [4.69, 9.17) is 5.73 Å². The average molecular weight is 248 g/mol. The summed E-state index contributed by atoms with van der Waals surface area (Å²) in [5, 5.41) is 0. The molecule has 0 saturated carbocycles. The van der Waals surface area contributed by atoms with Gasteiger partial charge in [0.2, 0.25) is 5.91 Å². The van der Waals surface area contributed by atoms with Gasteiger partial charge in [-0.05, 0) is 37.0 Å². The van der Waals surface area contributed by atoms with Crippen LogP contribution in [0.15, 0.2) is 24.3 Å². The molecule has 0 heterocycles. The smallest absolute Gasteiger partial charge is 0.244 e. The van der Waals surface area contributed by atoms with Gasteiger partial charge in [0.1, 0.15) is 0 Å². The van der Waals surface area contributed by atoms with E-state index < -0.39 is 6.04 Å². The zero-order chi connectivity index (χ0) is 13.9. The van der Waals surface area contributed by atoms with Crippen LogP contribution in [-0.4, -0.2) is 18.5 Å². The first-order valence-corrected chi connectivity index (χ1v) is 6.41. The van der Waals surface area contributed by atoms with E-state index in [0.717, 1.165) is 11.3 Å². The van der Waals surface area contributed by atoms with Crippen molar-refractivity contribution in [2.45, 2.75) is 40.7 Å². The standard InChI is InChI=1S/C15H24N2O/c1-6-17(12-9-7-8-11(2)10-12)14(18)13(16)15(3,4)5/h7-10,13H,6,16H2,1-5H3/t13-/m1/s1. The van der Waals surface area contributed by atoms with Gasteiger partial charge < -0.3 is 10.6 Å². The lowest BCUT2D eigenvalue weighted by molar-refractivity contribution is -0.121. The van der Waals surface area contributed by atoms with Crippen molar-refractivity contribution < 1.29 is 4.79 Å². The minimum absolute atomic E-state index is 0.0180. The summed E-state index contributed by atoms with van der Waals surface area (Å²) in [6.45, 7) is 10.6. The minimum atomic E-state index is -0.488. The molecule has 1 amide bonds. The Morgan fingerprint density at radius 2 is 2.00 bits per heavy atom. The molecule has 18 heavy (non-hydrogen) atoms. The molecule has 0 bridgehead atoms. The zero-order valence-corrected chi connectivity index (χ0v) is 12.0. The van der Waals surface area contributed by atoms with E-state index >= 15 is 0 Å². The fourth-order valence-corrected chi connectivity index (χ4v) is 1.80. The Morgan fingerprint density at radius 1 is 1.39 bits per heavy atom. The number of hydrogen-bond acceptors (Lipinski definition) is 2. The van der Waals surface area contributed by atoms with Crippen molar-refractivity contribution in [3.05, 3.63) is 29.8 Å². The van der Waals surface area contributed by atoms with E-state index in [0.29, 0.717) is 6.54 Å². The Bertz CT molecular complexity index is 421. The molecule has 1 aromatic carbocycles. The molecule has 0 radical (unpaired) electrons. The van der Waals surface area contributed by atoms with Crippen LogP contribution >= 0.6 is 0 Å². The number of benzene rings is 1. The maximum Gasteiger partial charge on any atom is 0.244 e. The summed E-state index contributed by atoms with van der Waals surface area (Å²) in [4.78, 5) is 14.2. The third-order valence-electron chi connectivity index (χ3n) is 3.09. The zero-order valence-electron chi connectivity index (χ0n) is 12.0. The number of anilines is 1. The number of nitrogens with zero attached hydrogens (tertiary/aromatic N) is 1. The summed E-state index contributed by atoms with van der Waals surface area (Å²) in [6.07, 6.45) is 0. The predicted molar refractivity (Wildman–Crippen MR) is 76.6 cm³/mol. The van der Waals surface area contributed by atoms with Crippen molar-refractivity contribution >= 4 is 11.6 Å². The Balaban J connectivity index is 3.01. The highest BCUT2D eigenvalue weighted by Gasteiger charge is 2.31. The topological polar surface area (TPSA) is 46.3 Å². The first-order chi connectivity index (χ1) is 8.27. The van der Waals surface area contributed by atoms with Gasteiger partial charge >= 0.3 is 0 Å². The van der Waals surface area contributed by atoms with Gasteiger partial charge in [0.15, 0.2) is 0 Å². The minimum Gasteiger partial charge on any atom is -0.319 e. The van der Waals surface area contributed by atoms with Crippen LogP contribution in [0.3, 0.4) is 0 Å². The van der Waals surface area contributed by atoms with Gasteiger partial charge in [-0.2, -0.15) is 0 Å². The summed E-state index contributed by atoms with van der Waals surface area (Å²) >= 11 is 0. The van der Waals surface area contributed by atoms with Crippen molar-refractivity contribution in [2.75, 3.05) is 11.4 Å². The number of carbonyl (C=O) groups is 1. The fourth-order valence-electron chi connectivity index (χ4n) is 1.80. The predicted octanol–water partition coefficient (Wildman–Crippen LogP) is 2.72. The highest BCUT2D eigenvalue weighted by molar-refractivity contribution is 5.97. The van der Waals surface area contributed by atoms with Crippen LogP contribution < -0.4 is 10.6 Å². The number of hydrogen-bond donors (Lipinski definition) is 1. The number of amides is 1. The number of carbonyl (C=O) groups excluding carboxylic acids is 1.